The van der Waals surface area contributed by atoms with Gasteiger partial charge in [0, 0.05) is 0 Å². The molecule has 0 aromatic rings. The van der Waals surface area contributed by atoms with E-state index in [0.717, 1.165) is 0 Å². The van der Waals surface area contributed by atoms with Gasteiger partial charge in [0.1, 0.15) is 0 Å². The predicted octanol–water partition coefficient (Wildman–Crippen LogP) is 0.567. The Kier molecular flexibility index (Phi) is 1.60. The summed E-state index contributed by atoms with van der Waals surface area (Å²) in [5.41, 5.74) is 0. The van der Waals surface area contributed by atoms with Gasteiger partial charge in [-0.05, 0) is 11.5 Å². The standard InChI is InChI=1S/C5H8O4S/c6-4(7)3-10(1-2-10)5(8)9/h1-3H2,(H,6,7)(H,8,9). The fourth-order valence-electron chi connectivity index (χ4n) is 0.718. The first-order valence-electron chi connectivity index (χ1n) is 2.78. The van der Waals surface area contributed by atoms with Gasteiger partial charge in [-0.25, -0.2) is 4.79 Å². The summed E-state index contributed by atoms with van der Waals surface area (Å²) in [6.45, 7) is 0. The molecule has 0 aromatic carbocycles. The van der Waals surface area contributed by atoms with Crippen molar-refractivity contribution in [2.45, 2.75) is 0 Å². The van der Waals surface area contributed by atoms with Gasteiger partial charge in [0.15, 0.2) is 0 Å². The van der Waals surface area contributed by atoms with Crippen molar-refractivity contribution >= 4 is 21.3 Å². The molecule has 0 atom stereocenters. The second-order valence-electron chi connectivity index (χ2n) is 2.26. The molecule has 0 aliphatic carbocycles. The van der Waals surface area contributed by atoms with E-state index >= 15 is 0 Å². The predicted molar refractivity (Wildman–Crippen MR) is 37.9 cm³/mol. The van der Waals surface area contributed by atoms with Crippen LogP contribution in [0.15, 0.2) is 0 Å². The van der Waals surface area contributed by atoms with E-state index in [2.05, 4.69) is 0 Å². The summed E-state index contributed by atoms with van der Waals surface area (Å²) >= 11 is 0. The second kappa shape index (κ2) is 2.16. The van der Waals surface area contributed by atoms with E-state index in [1.165, 1.54) is 0 Å². The minimum absolute atomic E-state index is 0.150. The first-order valence-corrected chi connectivity index (χ1v) is 4.92. The Morgan fingerprint density at radius 1 is 1.30 bits per heavy atom. The topological polar surface area (TPSA) is 74.6 Å². The van der Waals surface area contributed by atoms with E-state index in [1.807, 2.05) is 0 Å². The molecule has 0 amide bonds. The van der Waals surface area contributed by atoms with Gasteiger partial charge in [-0.1, -0.05) is 0 Å². The molecule has 1 aliphatic rings. The van der Waals surface area contributed by atoms with Crippen LogP contribution in [-0.4, -0.2) is 38.7 Å². The lowest BCUT2D eigenvalue weighted by Crippen LogP contribution is -2.09. The fraction of sp³-hybridized carbons (Fsp3) is 0.600. The zero-order valence-electron chi connectivity index (χ0n) is 5.24. The highest BCUT2D eigenvalue weighted by atomic mass is 32.3. The van der Waals surface area contributed by atoms with Crippen molar-refractivity contribution in [1.29, 1.82) is 0 Å². The molecule has 0 spiro atoms. The van der Waals surface area contributed by atoms with E-state index in [0.29, 0.717) is 11.5 Å². The molecule has 1 aliphatic heterocycles. The zero-order chi connectivity index (χ0) is 7.78. The number of carbonyl (C=O) groups is 2. The summed E-state index contributed by atoms with van der Waals surface area (Å²) in [6, 6.07) is 0. The molecule has 1 saturated heterocycles. The Bertz CT molecular complexity index is 184. The highest BCUT2D eigenvalue weighted by Crippen LogP contribution is 2.61. The van der Waals surface area contributed by atoms with Crippen LogP contribution in [0.4, 0.5) is 4.79 Å². The second-order valence-corrected chi connectivity index (χ2v) is 5.80. The van der Waals surface area contributed by atoms with Crippen molar-refractivity contribution < 1.29 is 19.8 Å². The van der Waals surface area contributed by atoms with Crippen LogP contribution in [-0.2, 0) is 4.79 Å². The Morgan fingerprint density at radius 2 is 1.80 bits per heavy atom. The number of rotatable bonds is 2. The maximum absolute atomic E-state index is 10.4. The largest absolute Gasteiger partial charge is 0.481 e. The number of carboxylic acid groups (broad SMARTS) is 2. The Labute approximate surface area is 59.2 Å². The van der Waals surface area contributed by atoms with Gasteiger partial charge >= 0.3 is 11.3 Å². The summed E-state index contributed by atoms with van der Waals surface area (Å²) in [5.74, 6) is 0.0425. The van der Waals surface area contributed by atoms with Gasteiger partial charge < -0.3 is 10.2 Å². The third kappa shape index (κ3) is 1.23. The van der Waals surface area contributed by atoms with Crippen LogP contribution in [0.1, 0.15) is 0 Å². The van der Waals surface area contributed by atoms with E-state index in [-0.39, 0.29) is 5.75 Å². The van der Waals surface area contributed by atoms with Crippen LogP contribution >= 0.6 is 10.0 Å². The average molecular weight is 164 g/mol. The van der Waals surface area contributed by atoms with Crippen LogP contribution < -0.4 is 0 Å². The summed E-state index contributed by atoms with van der Waals surface area (Å²) in [4.78, 5) is 20.5. The van der Waals surface area contributed by atoms with E-state index < -0.39 is 21.3 Å². The van der Waals surface area contributed by atoms with Crippen molar-refractivity contribution in [1.82, 2.24) is 0 Å². The van der Waals surface area contributed by atoms with Crippen LogP contribution in [0.25, 0.3) is 0 Å². The number of hydrogen-bond acceptors (Lipinski definition) is 2. The number of hydrogen-bond donors (Lipinski definition) is 2. The molecule has 2 N–H and O–H groups in total. The fourth-order valence-corrected chi connectivity index (χ4v) is 2.76. The lowest BCUT2D eigenvalue weighted by Gasteiger charge is -2.09. The van der Waals surface area contributed by atoms with Crippen molar-refractivity contribution in [3.8, 4) is 0 Å². The molecular weight excluding hydrogens is 156 g/mol. The minimum atomic E-state index is -1.73. The Balaban J connectivity index is 2.53. The van der Waals surface area contributed by atoms with E-state index in [9.17, 15) is 9.59 Å². The van der Waals surface area contributed by atoms with Crippen molar-refractivity contribution in [2.24, 2.45) is 0 Å². The quantitative estimate of drug-likeness (QED) is 0.585. The molecule has 4 nitrogen and oxygen atoms in total. The normalized spacial score (nSPS) is 23.2. The van der Waals surface area contributed by atoms with Gasteiger partial charge in [0.2, 0.25) is 0 Å². The molecular formula is C5H8O4S. The SMILES string of the molecule is O=C(O)CS1(C(=O)O)CC1. The van der Waals surface area contributed by atoms with Gasteiger partial charge in [0.25, 0.3) is 0 Å². The molecule has 1 heterocycles. The van der Waals surface area contributed by atoms with E-state index in [1.54, 1.807) is 0 Å². The maximum Gasteiger partial charge on any atom is 0.347 e. The third-order valence-corrected chi connectivity index (χ3v) is 4.40. The highest BCUT2D eigenvalue weighted by molar-refractivity contribution is 8.50. The minimum Gasteiger partial charge on any atom is -0.481 e. The summed E-state index contributed by atoms with van der Waals surface area (Å²) in [7, 11) is -1.73. The highest BCUT2D eigenvalue weighted by Gasteiger charge is 2.45. The van der Waals surface area contributed by atoms with Crippen molar-refractivity contribution in [3.05, 3.63) is 0 Å². The maximum atomic E-state index is 10.4. The van der Waals surface area contributed by atoms with Gasteiger partial charge in [-0.15, -0.1) is 10.0 Å². The van der Waals surface area contributed by atoms with Gasteiger partial charge in [-0.3, -0.25) is 4.79 Å². The molecule has 0 saturated carbocycles. The molecule has 5 heteroatoms. The number of carboxylic acids is 1. The lowest BCUT2D eigenvalue weighted by atomic mass is 10.8. The van der Waals surface area contributed by atoms with E-state index in [4.69, 9.17) is 10.2 Å². The Morgan fingerprint density at radius 3 is 1.90 bits per heavy atom. The molecule has 0 aromatic heterocycles. The molecule has 0 unspecified atom stereocenters. The smallest absolute Gasteiger partial charge is 0.347 e. The lowest BCUT2D eigenvalue weighted by molar-refractivity contribution is -0.133. The van der Waals surface area contributed by atoms with Crippen molar-refractivity contribution in [2.75, 3.05) is 17.3 Å². The molecule has 0 radical (unpaired) electrons. The van der Waals surface area contributed by atoms with Gasteiger partial charge in [0.05, 0.1) is 5.75 Å². The first-order chi connectivity index (χ1) is 4.57. The van der Waals surface area contributed by atoms with Crippen LogP contribution in [0.3, 0.4) is 0 Å². The van der Waals surface area contributed by atoms with Crippen LogP contribution in [0.2, 0.25) is 0 Å². The molecule has 1 rings (SSSR count). The molecule has 58 valence electrons. The molecule has 1 fully saturated rings. The summed E-state index contributed by atoms with van der Waals surface area (Å²) in [6.07, 6.45) is 0. The monoisotopic (exact) mass is 164 g/mol. The van der Waals surface area contributed by atoms with Crippen LogP contribution in [0.5, 0.6) is 0 Å². The van der Waals surface area contributed by atoms with Gasteiger partial charge in [-0.2, -0.15) is 0 Å². The van der Waals surface area contributed by atoms with Crippen molar-refractivity contribution in [3.63, 3.8) is 0 Å². The number of aliphatic carboxylic acids is 1. The zero-order valence-corrected chi connectivity index (χ0v) is 6.06. The third-order valence-electron chi connectivity index (χ3n) is 1.47. The Hall–Kier alpha value is -0.710. The van der Waals surface area contributed by atoms with Crippen LogP contribution in [0, 0.1) is 0 Å². The molecule has 10 heavy (non-hydrogen) atoms. The summed E-state index contributed by atoms with van der Waals surface area (Å²) in [5, 5.41) is 15.9. The first kappa shape index (κ1) is 7.40. The average Bonchev–Trinajstić information content (AvgIpc) is 2.46. The summed E-state index contributed by atoms with van der Waals surface area (Å²) < 4.78 is 0. The molecule has 0 bridgehead atoms.